The highest BCUT2D eigenvalue weighted by molar-refractivity contribution is 6.62. The summed E-state index contributed by atoms with van der Waals surface area (Å²) in [5.74, 6) is 0.969. The summed E-state index contributed by atoms with van der Waals surface area (Å²) in [6, 6.07) is 13.4. The highest BCUT2D eigenvalue weighted by Crippen LogP contribution is 2.15. The molecule has 2 aromatic carbocycles. The summed E-state index contributed by atoms with van der Waals surface area (Å²) < 4.78 is 10.4. The summed E-state index contributed by atoms with van der Waals surface area (Å²) in [4.78, 5) is 12.2. The van der Waals surface area contributed by atoms with Crippen LogP contribution in [0.15, 0.2) is 42.5 Å². The van der Waals surface area contributed by atoms with Crippen LogP contribution in [0.4, 0.5) is 0 Å². The lowest BCUT2D eigenvalue weighted by Gasteiger charge is -2.08. The van der Waals surface area contributed by atoms with E-state index in [2.05, 4.69) is 0 Å². The van der Waals surface area contributed by atoms with Gasteiger partial charge in [-0.3, -0.25) is 4.79 Å². The van der Waals surface area contributed by atoms with Gasteiger partial charge in [0.05, 0.1) is 13.7 Å². The molecule has 0 saturated carbocycles. The minimum absolute atomic E-state index is 0.182. The van der Waals surface area contributed by atoms with Crippen molar-refractivity contribution in [2.75, 3.05) is 7.11 Å². The Morgan fingerprint density at radius 2 is 2.04 bits per heavy atom. The molecule has 1 heterocycles. The molecule has 1 aliphatic rings. The van der Waals surface area contributed by atoms with Gasteiger partial charge >= 0.3 is 7.12 Å². The van der Waals surface area contributed by atoms with E-state index in [-0.39, 0.29) is 5.78 Å². The molecule has 0 aliphatic carbocycles. The molecule has 118 valence electrons. The Bertz CT molecular complexity index is 697. The lowest BCUT2D eigenvalue weighted by molar-refractivity contribution is -0.118. The van der Waals surface area contributed by atoms with E-state index >= 15 is 0 Å². The maximum Gasteiger partial charge on any atom is 0.492 e. The number of benzene rings is 2. The van der Waals surface area contributed by atoms with Crippen LogP contribution in [-0.2, 0) is 28.9 Å². The van der Waals surface area contributed by atoms with Crippen LogP contribution in [0.1, 0.15) is 23.1 Å². The van der Waals surface area contributed by atoms with Crippen molar-refractivity contribution in [3.05, 3.63) is 59.2 Å². The van der Waals surface area contributed by atoms with Gasteiger partial charge in [-0.25, -0.2) is 0 Å². The molecule has 0 atom stereocenters. The normalized spacial score (nSPS) is 13.0. The van der Waals surface area contributed by atoms with Crippen LogP contribution in [0.3, 0.4) is 0 Å². The van der Waals surface area contributed by atoms with Crippen molar-refractivity contribution in [3.8, 4) is 5.75 Å². The van der Waals surface area contributed by atoms with Crippen LogP contribution in [0.2, 0.25) is 0 Å². The molecule has 4 nitrogen and oxygen atoms in total. The van der Waals surface area contributed by atoms with E-state index in [0.717, 1.165) is 27.9 Å². The second-order valence-corrected chi connectivity index (χ2v) is 5.72. The number of carbonyl (C=O) groups is 1. The first kappa shape index (κ1) is 15.8. The number of carbonyl (C=O) groups excluding carboxylic acids is 1. The molecule has 0 saturated heterocycles. The number of hydrogen-bond acceptors (Lipinski definition) is 4. The zero-order valence-electron chi connectivity index (χ0n) is 13.1. The fourth-order valence-electron chi connectivity index (χ4n) is 2.91. The predicted molar refractivity (Wildman–Crippen MR) is 88.9 cm³/mol. The number of rotatable bonds is 6. The van der Waals surface area contributed by atoms with Crippen LogP contribution >= 0.6 is 0 Å². The molecule has 23 heavy (non-hydrogen) atoms. The predicted octanol–water partition coefficient (Wildman–Crippen LogP) is 1.66. The zero-order valence-corrected chi connectivity index (χ0v) is 13.1. The summed E-state index contributed by atoms with van der Waals surface area (Å²) in [7, 11) is 0.759. The number of methoxy groups -OCH3 is 1. The van der Waals surface area contributed by atoms with Gasteiger partial charge in [0.2, 0.25) is 0 Å². The Hall–Kier alpha value is -2.11. The SMILES string of the molecule is COc1ccc(CC(=O)CCc2cccc3c2B(O)OC3)cc1. The molecule has 3 rings (SSSR count). The molecule has 1 N–H and O–H groups in total. The average molecular weight is 310 g/mol. The zero-order chi connectivity index (χ0) is 16.2. The van der Waals surface area contributed by atoms with Gasteiger partial charge < -0.3 is 14.4 Å². The number of ketones is 1. The summed E-state index contributed by atoms with van der Waals surface area (Å²) in [5, 5.41) is 9.89. The lowest BCUT2D eigenvalue weighted by Crippen LogP contribution is -2.31. The standard InChI is InChI=1S/C18H19BO4/c1-22-17-9-5-13(6-10-17)11-16(20)8-7-14-3-2-4-15-12-23-19(21)18(14)15/h2-6,9-10,21H,7-8,11-12H2,1H3. The van der Waals surface area contributed by atoms with Crippen LogP contribution in [-0.4, -0.2) is 25.0 Å². The van der Waals surface area contributed by atoms with Gasteiger partial charge in [0.25, 0.3) is 0 Å². The Morgan fingerprint density at radius 1 is 1.26 bits per heavy atom. The van der Waals surface area contributed by atoms with Crippen molar-refractivity contribution < 1.29 is 19.2 Å². The molecule has 0 radical (unpaired) electrons. The van der Waals surface area contributed by atoms with Crippen molar-refractivity contribution in [1.82, 2.24) is 0 Å². The Balaban J connectivity index is 1.60. The number of hydrogen-bond donors (Lipinski definition) is 1. The second kappa shape index (κ2) is 6.98. The molecule has 0 amide bonds. The third-order valence-corrected chi connectivity index (χ3v) is 4.16. The van der Waals surface area contributed by atoms with E-state index < -0.39 is 7.12 Å². The van der Waals surface area contributed by atoms with Crippen molar-refractivity contribution >= 4 is 18.4 Å². The van der Waals surface area contributed by atoms with Gasteiger partial charge in [-0.05, 0) is 40.7 Å². The molecule has 0 fully saturated rings. The van der Waals surface area contributed by atoms with Gasteiger partial charge in [0, 0.05) is 12.8 Å². The highest BCUT2D eigenvalue weighted by Gasteiger charge is 2.29. The molecule has 0 unspecified atom stereocenters. The largest absolute Gasteiger partial charge is 0.497 e. The number of aryl methyl sites for hydroxylation is 1. The first-order valence-corrected chi connectivity index (χ1v) is 7.72. The fraction of sp³-hybridized carbons (Fsp3) is 0.278. The van der Waals surface area contributed by atoms with Crippen molar-refractivity contribution in [1.29, 1.82) is 0 Å². The van der Waals surface area contributed by atoms with Gasteiger partial charge in [0.15, 0.2) is 0 Å². The molecule has 0 aromatic heterocycles. The van der Waals surface area contributed by atoms with Crippen molar-refractivity contribution in [2.24, 2.45) is 0 Å². The first-order chi connectivity index (χ1) is 11.2. The average Bonchev–Trinajstić information content (AvgIpc) is 2.96. The van der Waals surface area contributed by atoms with Crippen molar-refractivity contribution in [2.45, 2.75) is 25.9 Å². The quantitative estimate of drug-likeness (QED) is 0.825. The van der Waals surface area contributed by atoms with Crippen molar-refractivity contribution in [3.63, 3.8) is 0 Å². The lowest BCUT2D eigenvalue weighted by atomic mass is 9.75. The summed E-state index contributed by atoms with van der Waals surface area (Å²) in [6.45, 7) is 0.435. The first-order valence-electron chi connectivity index (χ1n) is 7.72. The molecule has 2 aromatic rings. The van der Waals surface area contributed by atoms with Crippen LogP contribution in [0, 0.1) is 0 Å². The van der Waals surface area contributed by atoms with Crippen LogP contribution < -0.4 is 10.2 Å². The summed E-state index contributed by atoms with van der Waals surface area (Å²) in [5.41, 5.74) is 3.83. The van der Waals surface area contributed by atoms with E-state index in [1.165, 1.54) is 0 Å². The van der Waals surface area contributed by atoms with Gasteiger partial charge in [0.1, 0.15) is 11.5 Å². The number of ether oxygens (including phenoxy) is 1. The molecule has 0 spiro atoms. The third kappa shape index (κ3) is 3.63. The van der Waals surface area contributed by atoms with Gasteiger partial charge in [-0.15, -0.1) is 0 Å². The van der Waals surface area contributed by atoms with E-state index in [1.807, 2.05) is 42.5 Å². The van der Waals surface area contributed by atoms with Gasteiger partial charge in [-0.2, -0.15) is 0 Å². The van der Waals surface area contributed by atoms with Crippen LogP contribution in [0.25, 0.3) is 0 Å². The molecule has 1 aliphatic heterocycles. The molecule has 0 bridgehead atoms. The molecular weight excluding hydrogens is 291 g/mol. The summed E-state index contributed by atoms with van der Waals surface area (Å²) >= 11 is 0. The topological polar surface area (TPSA) is 55.8 Å². The second-order valence-electron chi connectivity index (χ2n) is 5.72. The maximum absolute atomic E-state index is 12.2. The van der Waals surface area contributed by atoms with Gasteiger partial charge in [-0.1, -0.05) is 30.3 Å². The number of fused-ring (bicyclic) bond motifs is 1. The highest BCUT2D eigenvalue weighted by atomic mass is 16.5. The third-order valence-electron chi connectivity index (χ3n) is 4.16. The maximum atomic E-state index is 12.2. The van der Waals surface area contributed by atoms with E-state index in [0.29, 0.717) is 25.9 Å². The fourth-order valence-corrected chi connectivity index (χ4v) is 2.91. The van der Waals surface area contributed by atoms with E-state index in [9.17, 15) is 9.82 Å². The van der Waals surface area contributed by atoms with E-state index in [1.54, 1.807) is 7.11 Å². The Morgan fingerprint density at radius 3 is 2.78 bits per heavy atom. The minimum Gasteiger partial charge on any atom is -0.497 e. The van der Waals surface area contributed by atoms with E-state index in [4.69, 9.17) is 9.39 Å². The Kier molecular flexibility index (Phi) is 4.79. The molecular formula is C18H19BO4. The Labute approximate surface area is 136 Å². The number of Topliss-reactive ketones (excluding diaryl/α,β-unsaturated/α-hetero) is 1. The van der Waals surface area contributed by atoms with Crippen LogP contribution in [0.5, 0.6) is 5.75 Å². The minimum atomic E-state index is -0.863. The summed E-state index contributed by atoms with van der Waals surface area (Å²) in [6.07, 6.45) is 1.49. The molecule has 5 heteroatoms. The smallest absolute Gasteiger partial charge is 0.492 e. The monoisotopic (exact) mass is 310 g/mol.